The smallest absolute Gasteiger partial charge is 0.344 e. The number of fused-ring (bicyclic) bond motifs is 1. The van der Waals surface area contributed by atoms with Gasteiger partial charge in [0, 0.05) is 18.9 Å². The molecule has 0 saturated heterocycles. The van der Waals surface area contributed by atoms with Crippen molar-refractivity contribution >= 4 is 23.8 Å². The van der Waals surface area contributed by atoms with Crippen molar-refractivity contribution in [3.8, 4) is 11.5 Å². The Kier molecular flexibility index (Phi) is 11.7. The third-order valence-electron chi connectivity index (χ3n) is 5.50. The van der Waals surface area contributed by atoms with Crippen molar-refractivity contribution in [3.05, 3.63) is 95.6 Å². The summed E-state index contributed by atoms with van der Waals surface area (Å²) in [6.45, 7) is 1.49. The number of carbonyl (C=O) groups is 4. The molecule has 1 unspecified atom stereocenters. The van der Waals surface area contributed by atoms with Crippen LogP contribution in [0.25, 0.3) is 0 Å². The molecular formula is C30H31NO9. The van der Waals surface area contributed by atoms with Gasteiger partial charge in [-0.2, -0.15) is 0 Å². The summed E-state index contributed by atoms with van der Waals surface area (Å²) in [6, 6.07) is 22.8. The van der Waals surface area contributed by atoms with Gasteiger partial charge in [0.15, 0.2) is 6.61 Å². The van der Waals surface area contributed by atoms with Gasteiger partial charge in [0.25, 0.3) is 0 Å². The first kappa shape index (κ1) is 29.9. The lowest BCUT2D eigenvalue weighted by atomic mass is 10.1. The molecule has 0 bridgehead atoms. The summed E-state index contributed by atoms with van der Waals surface area (Å²) in [6.07, 6.45) is 0.0881. The standard InChI is InChI=1S/C23H25NO8.C7H6O/c1-16(25)32-19-10-8-17(9-11-19)12-20(23(28)31-15-22(27)29-2)24-21(26)14-30-13-18-6-4-3-5-7-18;1-2-4-7-6(3-1)5-8-7/h3-11,20H,12-15H2,1-2H3,(H,24,26);1-4H,5H2. The summed E-state index contributed by atoms with van der Waals surface area (Å²) in [5, 5.41) is 2.56. The number of hydrogen-bond acceptors (Lipinski definition) is 9. The summed E-state index contributed by atoms with van der Waals surface area (Å²) in [4.78, 5) is 47.1. The second kappa shape index (κ2) is 15.6. The Balaban J connectivity index is 0.000000463. The van der Waals surface area contributed by atoms with E-state index in [1.807, 2.05) is 48.5 Å². The van der Waals surface area contributed by atoms with Gasteiger partial charge in [-0.15, -0.1) is 0 Å². The summed E-state index contributed by atoms with van der Waals surface area (Å²) in [5.41, 5.74) is 2.90. The molecule has 1 atom stereocenters. The lowest BCUT2D eigenvalue weighted by Crippen LogP contribution is -2.45. The molecular weight excluding hydrogens is 518 g/mol. The second-order valence-electron chi connectivity index (χ2n) is 8.62. The Bertz CT molecular complexity index is 1250. The molecule has 40 heavy (non-hydrogen) atoms. The minimum Gasteiger partial charge on any atom is -0.488 e. The largest absolute Gasteiger partial charge is 0.488 e. The first-order chi connectivity index (χ1) is 19.3. The fourth-order valence-electron chi connectivity index (χ4n) is 3.49. The monoisotopic (exact) mass is 549 g/mol. The molecule has 10 nitrogen and oxygen atoms in total. The van der Waals surface area contributed by atoms with Crippen LogP contribution in [0.5, 0.6) is 11.5 Å². The van der Waals surface area contributed by atoms with Gasteiger partial charge in [-0.1, -0.05) is 60.7 Å². The summed E-state index contributed by atoms with van der Waals surface area (Å²) < 4.78 is 24.8. The first-order valence-corrected chi connectivity index (χ1v) is 12.5. The highest BCUT2D eigenvalue weighted by atomic mass is 16.6. The van der Waals surface area contributed by atoms with E-state index in [0.29, 0.717) is 11.3 Å². The van der Waals surface area contributed by atoms with E-state index in [1.165, 1.54) is 19.6 Å². The summed E-state index contributed by atoms with van der Waals surface area (Å²) in [7, 11) is 1.17. The summed E-state index contributed by atoms with van der Waals surface area (Å²) >= 11 is 0. The molecule has 4 rings (SSSR count). The molecule has 210 valence electrons. The molecule has 0 radical (unpaired) electrons. The van der Waals surface area contributed by atoms with Crippen molar-refractivity contribution in [2.45, 2.75) is 32.6 Å². The van der Waals surface area contributed by atoms with E-state index < -0.39 is 36.5 Å². The number of amides is 1. The fraction of sp³-hybridized carbons (Fsp3) is 0.267. The van der Waals surface area contributed by atoms with Gasteiger partial charge in [0.2, 0.25) is 5.91 Å². The molecule has 10 heteroatoms. The Morgan fingerprint density at radius 3 is 2.15 bits per heavy atom. The zero-order valence-electron chi connectivity index (χ0n) is 22.3. The molecule has 1 aliphatic rings. The normalized spacial score (nSPS) is 11.7. The van der Waals surface area contributed by atoms with Crippen molar-refractivity contribution in [3.63, 3.8) is 0 Å². The Hall–Kier alpha value is -4.70. The van der Waals surface area contributed by atoms with Crippen LogP contribution in [0.1, 0.15) is 23.6 Å². The summed E-state index contributed by atoms with van der Waals surface area (Å²) in [5.74, 6) is -1.09. The molecule has 1 aliphatic heterocycles. The zero-order chi connectivity index (χ0) is 28.7. The molecule has 1 N–H and O–H groups in total. The maximum absolute atomic E-state index is 12.5. The lowest BCUT2D eigenvalue weighted by molar-refractivity contribution is -0.158. The Morgan fingerprint density at radius 2 is 1.57 bits per heavy atom. The van der Waals surface area contributed by atoms with Gasteiger partial charge in [-0.25, -0.2) is 9.59 Å². The van der Waals surface area contributed by atoms with E-state index in [1.54, 1.807) is 24.3 Å². The number of methoxy groups -OCH3 is 1. The van der Waals surface area contributed by atoms with Crippen LogP contribution in [-0.2, 0) is 53.0 Å². The van der Waals surface area contributed by atoms with Crippen LogP contribution in [0.2, 0.25) is 0 Å². The van der Waals surface area contributed by atoms with Gasteiger partial charge in [-0.05, 0) is 29.3 Å². The lowest BCUT2D eigenvalue weighted by Gasteiger charge is -2.18. The average molecular weight is 550 g/mol. The molecule has 0 fully saturated rings. The average Bonchev–Trinajstić information content (AvgIpc) is 2.93. The molecule has 1 amide bonds. The number of ether oxygens (including phenoxy) is 5. The number of esters is 3. The van der Waals surface area contributed by atoms with Crippen LogP contribution in [0.3, 0.4) is 0 Å². The SMILES string of the molecule is COC(=O)COC(=O)C(Cc1ccc(OC(C)=O)cc1)NC(=O)COCc1ccccc1.c1ccc2c(c1)CO2. The first-order valence-electron chi connectivity index (χ1n) is 12.5. The van der Waals surface area contributed by atoms with E-state index in [4.69, 9.17) is 18.9 Å². The molecule has 0 aromatic heterocycles. The molecule has 0 spiro atoms. The highest BCUT2D eigenvalue weighted by molar-refractivity contribution is 5.86. The van der Waals surface area contributed by atoms with E-state index in [9.17, 15) is 19.2 Å². The van der Waals surface area contributed by atoms with Crippen molar-refractivity contribution in [2.24, 2.45) is 0 Å². The van der Waals surface area contributed by atoms with Gasteiger partial charge >= 0.3 is 17.9 Å². The highest BCUT2D eigenvalue weighted by Crippen LogP contribution is 2.27. The van der Waals surface area contributed by atoms with Crippen molar-refractivity contribution in [2.75, 3.05) is 20.3 Å². The maximum Gasteiger partial charge on any atom is 0.344 e. The molecule has 3 aromatic rings. The minimum atomic E-state index is -1.06. The van der Waals surface area contributed by atoms with Gasteiger partial charge in [0.05, 0.1) is 13.7 Å². The van der Waals surface area contributed by atoms with Gasteiger partial charge in [-0.3, -0.25) is 9.59 Å². The molecule has 0 aliphatic carbocycles. The minimum absolute atomic E-state index is 0.0881. The number of hydrogen-bond donors (Lipinski definition) is 1. The van der Waals surface area contributed by atoms with Crippen LogP contribution in [0, 0.1) is 0 Å². The maximum atomic E-state index is 12.5. The highest BCUT2D eigenvalue weighted by Gasteiger charge is 2.24. The topological polar surface area (TPSA) is 126 Å². The number of nitrogens with one attached hydrogen (secondary N) is 1. The van der Waals surface area contributed by atoms with E-state index >= 15 is 0 Å². The predicted octanol–water partition coefficient (Wildman–Crippen LogP) is 3.15. The van der Waals surface area contributed by atoms with Crippen molar-refractivity contribution in [1.29, 1.82) is 0 Å². The Labute approximate surface area is 232 Å². The van der Waals surface area contributed by atoms with Crippen molar-refractivity contribution in [1.82, 2.24) is 5.32 Å². The van der Waals surface area contributed by atoms with Gasteiger partial charge in [0.1, 0.15) is 30.8 Å². The number of rotatable bonds is 11. The van der Waals surface area contributed by atoms with Crippen LogP contribution in [0.15, 0.2) is 78.9 Å². The number of carbonyl (C=O) groups excluding carboxylic acids is 4. The van der Waals surface area contributed by atoms with E-state index in [2.05, 4.69) is 16.1 Å². The van der Waals surface area contributed by atoms with Crippen molar-refractivity contribution < 1.29 is 42.9 Å². The third-order valence-corrected chi connectivity index (χ3v) is 5.50. The third kappa shape index (κ3) is 10.2. The number of benzene rings is 3. The van der Waals surface area contributed by atoms with E-state index in [0.717, 1.165) is 17.9 Å². The van der Waals surface area contributed by atoms with Gasteiger partial charge < -0.3 is 29.0 Å². The quantitative estimate of drug-likeness (QED) is 0.283. The predicted molar refractivity (Wildman–Crippen MR) is 143 cm³/mol. The molecule has 3 aromatic carbocycles. The second-order valence-corrected chi connectivity index (χ2v) is 8.62. The van der Waals surface area contributed by atoms with Crippen LogP contribution >= 0.6 is 0 Å². The zero-order valence-corrected chi connectivity index (χ0v) is 22.3. The van der Waals surface area contributed by atoms with Crippen LogP contribution in [-0.4, -0.2) is 50.2 Å². The van der Waals surface area contributed by atoms with Crippen LogP contribution in [0.4, 0.5) is 0 Å². The molecule has 1 heterocycles. The van der Waals surface area contributed by atoms with Crippen LogP contribution < -0.4 is 14.8 Å². The molecule has 0 saturated carbocycles. The van der Waals surface area contributed by atoms with E-state index in [-0.39, 0.29) is 19.6 Å². The Morgan fingerprint density at radius 1 is 0.875 bits per heavy atom. The fourth-order valence-corrected chi connectivity index (χ4v) is 3.49. The number of para-hydroxylation sites is 1.